The highest BCUT2D eigenvalue weighted by atomic mass is 32.2. The number of nitrogens with zero attached hydrogens (tertiary/aromatic N) is 2. The summed E-state index contributed by atoms with van der Waals surface area (Å²) >= 11 is 1.50. The van der Waals surface area contributed by atoms with Gasteiger partial charge in [0.1, 0.15) is 0 Å². The summed E-state index contributed by atoms with van der Waals surface area (Å²) in [5.74, 6) is 0. The van der Waals surface area contributed by atoms with Crippen molar-refractivity contribution in [2.75, 3.05) is 40.3 Å². The molecule has 0 atom stereocenters. The SMILES string of the molecule is CCCN(CCN(C)C)S(=O)(=O)c1csc(CNCC)c1. The van der Waals surface area contributed by atoms with Crippen LogP contribution in [0.5, 0.6) is 0 Å². The Hall–Kier alpha value is -0.470. The molecule has 0 amide bonds. The Labute approximate surface area is 133 Å². The number of hydrogen-bond acceptors (Lipinski definition) is 5. The first-order chi connectivity index (χ1) is 9.91. The molecule has 122 valence electrons. The summed E-state index contributed by atoms with van der Waals surface area (Å²) in [4.78, 5) is 3.48. The lowest BCUT2D eigenvalue weighted by Gasteiger charge is -2.22. The molecule has 1 heterocycles. The molecule has 5 nitrogen and oxygen atoms in total. The quantitative estimate of drug-likeness (QED) is 0.710. The van der Waals surface area contributed by atoms with Crippen LogP contribution in [-0.4, -0.2) is 57.9 Å². The molecule has 0 unspecified atom stereocenters. The maximum atomic E-state index is 12.7. The number of nitrogens with one attached hydrogen (secondary N) is 1. The summed E-state index contributed by atoms with van der Waals surface area (Å²) in [6, 6.07) is 1.79. The van der Waals surface area contributed by atoms with E-state index in [0.29, 0.717) is 18.0 Å². The summed E-state index contributed by atoms with van der Waals surface area (Å²) in [6.45, 7) is 7.47. The molecule has 0 radical (unpaired) electrons. The van der Waals surface area contributed by atoms with Crippen LogP contribution in [0.1, 0.15) is 25.1 Å². The molecule has 0 aliphatic heterocycles. The van der Waals surface area contributed by atoms with E-state index in [2.05, 4.69) is 5.32 Å². The second kappa shape index (κ2) is 8.85. The summed E-state index contributed by atoms with van der Waals surface area (Å²) in [7, 11) is 0.535. The predicted molar refractivity (Wildman–Crippen MR) is 89.3 cm³/mol. The van der Waals surface area contributed by atoms with E-state index < -0.39 is 10.0 Å². The van der Waals surface area contributed by atoms with Crippen LogP contribution in [0.3, 0.4) is 0 Å². The van der Waals surface area contributed by atoms with Gasteiger partial charge in [-0.3, -0.25) is 0 Å². The molecule has 0 saturated heterocycles. The molecule has 0 aromatic carbocycles. The van der Waals surface area contributed by atoms with Crippen molar-refractivity contribution >= 4 is 21.4 Å². The number of rotatable bonds is 10. The maximum Gasteiger partial charge on any atom is 0.243 e. The largest absolute Gasteiger partial charge is 0.312 e. The summed E-state index contributed by atoms with van der Waals surface area (Å²) in [5.41, 5.74) is 0. The second-order valence-electron chi connectivity index (χ2n) is 5.24. The molecular formula is C14H27N3O2S2. The van der Waals surface area contributed by atoms with Crippen molar-refractivity contribution in [2.24, 2.45) is 0 Å². The molecular weight excluding hydrogens is 306 g/mol. The van der Waals surface area contributed by atoms with Gasteiger partial charge in [-0.15, -0.1) is 11.3 Å². The van der Waals surface area contributed by atoms with Crippen molar-refractivity contribution in [1.82, 2.24) is 14.5 Å². The summed E-state index contributed by atoms with van der Waals surface area (Å²) in [6.07, 6.45) is 0.820. The molecule has 0 bridgehead atoms. The van der Waals surface area contributed by atoms with Gasteiger partial charge in [-0.1, -0.05) is 13.8 Å². The normalized spacial score (nSPS) is 12.5. The molecule has 21 heavy (non-hydrogen) atoms. The second-order valence-corrected chi connectivity index (χ2v) is 8.17. The summed E-state index contributed by atoms with van der Waals surface area (Å²) < 4.78 is 27.0. The molecule has 1 aromatic rings. The smallest absolute Gasteiger partial charge is 0.243 e. The van der Waals surface area contributed by atoms with E-state index in [0.717, 1.165) is 30.9 Å². The van der Waals surface area contributed by atoms with Crippen molar-refractivity contribution in [3.05, 3.63) is 16.3 Å². The van der Waals surface area contributed by atoms with E-state index in [-0.39, 0.29) is 0 Å². The zero-order valence-corrected chi connectivity index (χ0v) is 15.1. The lowest BCUT2D eigenvalue weighted by atomic mass is 10.4. The molecule has 1 rings (SSSR count). The van der Waals surface area contributed by atoms with Crippen molar-refractivity contribution in [1.29, 1.82) is 0 Å². The zero-order valence-electron chi connectivity index (χ0n) is 13.4. The van der Waals surface area contributed by atoms with Crippen LogP contribution in [0, 0.1) is 0 Å². The molecule has 0 fully saturated rings. The standard InChI is InChI=1S/C14H27N3O2S2/c1-5-7-17(9-8-16(3)4)21(18,19)14-10-13(20-12-14)11-15-6-2/h10,12,15H,5-9,11H2,1-4H3. The van der Waals surface area contributed by atoms with Crippen LogP contribution in [-0.2, 0) is 16.6 Å². The molecule has 0 aliphatic rings. The van der Waals surface area contributed by atoms with E-state index in [1.807, 2.05) is 32.8 Å². The first-order valence-corrected chi connectivity index (χ1v) is 9.66. The Bertz CT molecular complexity index is 512. The minimum Gasteiger partial charge on any atom is -0.312 e. The van der Waals surface area contributed by atoms with E-state index >= 15 is 0 Å². The lowest BCUT2D eigenvalue weighted by Crippen LogP contribution is -2.37. The number of likely N-dealkylation sites (N-methyl/N-ethyl adjacent to an activating group) is 1. The van der Waals surface area contributed by atoms with Crippen LogP contribution in [0.25, 0.3) is 0 Å². The fraction of sp³-hybridized carbons (Fsp3) is 0.714. The van der Waals surface area contributed by atoms with E-state index in [1.54, 1.807) is 15.8 Å². The van der Waals surface area contributed by atoms with Crippen LogP contribution < -0.4 is 5.32 Å². The van der Waals surface area contributed by atoms with E-state index in [4.69, 9.17) is 0 Å². The Balaban J connectivity index is 2.86. The van der Waals surface area contributed by atoms with Crippen LogP contribution in [0.4, 0.5) is 0 Å². The van der Waals surface area contributed by atoms with Crippen molar-refractivity contribution in [2.45, 2.75) is 31.7 Å². The van der Waals surface area contributed by atoms with Crippen molar-refractivity contribution in [3.8, 4) is 0 Å². The average molecular weight is 334 g/mol. The highest BCUT2D eigenvalue weighted by Gasteiger charge is 2.24. The molecule has 0 spiro atoms. The molecule has 0 saturated carbocycles. The third-order valence-electron chi connectivity index (χ3n) is 3.09. The van der Waals surface area contributed by atoms with Crippen molar-refractivity contribution in [3.63, 3.8) is 0 Å². The average Bonchev–Trinajstić information content (AvgIpc) is 2.90. The number of thiophene rings is 1. The van der Waals surface area contributed by atoms with Gasteiger partial charge < -0.3 is 10.2 Å². The zero-order chi connectivity index (χ0) is 15.9. The Kier molecular flexibility index (Phi) is 7.83. The van der Waals surface area contributed by atoms with Gasteiger partial charge in [0, 0.05) is 36.4 Å². The van der Waals surface area contributed by atoms with Crippen LogP contribution >= 0.6 is 11.3 Å². The number of sulfonamides is 1. The molecule has 1 N–H and O–H groups in total. The van der Waals surface area contributed by atoms with Gasteiger partial charge in [0.25, 0.3) is 0 Å². The fourth-order valence-corrected chi connectivity index (χ4v) is 4.65. The van der Waals surface area contributed by atoms with Gasteiger partial charge in [-0.2, -0.15) is 4.31 Å². The minimum absolute atomic E-state index is 0.424. The Morgan fingerprint density at radius 2 is 1.90 bits per heavy atom. The predicted octanol–water partition coefficient (Wildman–Crippen LogP) is 1.82. The van der Waals surface area contributed by atoms with Gasteiger partial charge in [-0.25, -0.2) is 8.42 Å². The highest BCUT2D eigenvalue weighted by Crippen LogP contribution is 2.23. The minimum atomic E-state index is -3.37. The molecule has 1 aromatic heterocycles. The van der Waals surface area contributed by atoms with Crippen LogP contribution in [0.15, 0.2) is 16.3 Å². The van der Waals surface area contributed by atoms with E-state index in [1.165, 1.54) is 11.3 Å². The van der Waals surface area contributed by atoms with Crippen molar-refractivity contribution < 1.29 is 8.42 Å². The van der Waals surface area contributed by atoms with Gasteiger partial charge in [0.15, 0.2) is 0 Å². The molecule has 0 aliphatic carbocycles. The maximum absolute atomic E-state index is 12.7. The first kappa shape index (κ1) is 18.6. The third kappa shape index (κ3) is 5.67. The van der Waals surface area contributed by atoms with Gasteiger partial charge in [0.05, 0.1) is 4.90 Å². The third-order valence-corrected chi connectivity index (χ3v) is 6.05. The Morgan fingerprint density at radius 1 is 1.19 bits per heavy atom. The van der Waals surface area contributed by atoms with E-state index in [9.17, 15) is 8.42 Å². The van der Waals surface area contributed by atoms with Gasteiger partial charge in [0.2, 0.25) is 10.0 Å². The fourth-order valence-electron chi connectivity index (χ4n) is 1.90. The van der Waals surface area contributed by atoms with Crippen LogP contribution in [0.2, 0.25) is 0 Å². The molecule has 7 heteroatoms. The summed E-state index contributed by atoms with van der Waals surface area (Å²) in [5, 5.41) is 4.97. The monoisotopic (exact) mass is 333 g/mol. The van der Waals surface area contributed by atoms with Gasteiger partial charge >= 0.3 is 0 Å². The first-order valence-electron chi connectivity index (χ1n) is 7.34. The lowest BCUT2D eigenvalue weighted by molar-refractivity contribution is 0.333. The topological polar surface area (TPSA) is 52.7 Å². The number of hydrogen-bond donors (Lipinski definition) is 1. The highest BCUT2D eigenvalue weighted by molar-refractivity contribution is 7.89. The van der Waals surface area contributed by atoms with Gasteiger partial charge in [-0.05, 0) is 33.1 Å². The Morgan fingerprint density at radius 3 is 2.48 bits per heavy atom.